The van der Waals surface area contributed by atoms with Gasteiger partial charge >= 0.3 is 11.9 Å². The maximum absolute atomic E-state index is 10.8. The third-order valence-corrected chi connectivity index (χ3v) is 2.22. The van der Waals surface area contributed by atoms with Crippen LogP contribution in [-0.2, 0) is 9.59 Å². The van der Waals surface area contributed by atoms with E-state index in [-0.39, 0.29) is 18.9 Å². The molecule has 0 amide bonds. The molecule has 1 unspecified atom stereocenters. The second-order valence-electron chi connectivity index (χ2n) is 3.55. The summed E-state index contributed by atoms with van der Waals surface area (Å²) in [4.78, 5) is 22.8. The summed E-state index contributed by atoms with van der Waals surface area (Å²) in [5.41, 5.74) is 0. The van der Waals surface area contributed by atoms with Crippen LogP contribution >= 0.6 is 0 Å². The number of aliphatic carboxylic acids is 2. The zero-order valence-corrected chi connectivity index (χ0v) is 8.73. The molecule has 1 atom stereocenters. The van der Waals surface area contributed by atoms with E-state index in [0.717, 1.165) is 0 Å². The zero-order valence-electron chi connectivity index (χ0n) is 8.73. The van der Waals surface area contributed by atoms with E-state index in [4.69, 9.17) is 10.2 Å². The first kappa shape index (κ1) is 12.9. The van der Waals surface area contributed by atoms with Crippen LogP contribution in [0.25, 0.3) is 0 Å². The van der Waals surface area contributed by atoms with Gasteiger partial charge in [0.2, 0.25) is 0 Å². The van der Waals surface area contributed by atoms with E-state index in [0.29, 0.717) is 0 Å². The highest BCUT2D eigenvalue weighted by Crippen LogP contribution is 2.09. The lowest BCUT2D eigenvalue weighted by atomic mass is 10.1. The zero-order chi connectivity index (χ0) is 11.3. The summed E-state index contributed by atoms with van der Waals surface area (Å²) in [5.74, 6) is -1.93. The van der Waals surface area contributed by atoms with E-state index in [2.05, 4.69) is 0 Å². The Morgan fingerprint density at radius 3 is 2.07 bits per heavy atom. The molecule has 0 rings (SSSR count). The molecule has 2 N–H and O–H groups in total. The topological polar surface area (TPSA) is 77.8 Å². The van der Waals surface area contributed by atoms with E-state index in [1.807, 2.05) is 13.8 Å². The molecule has 5 heteroatoms. The second-order valence-corrected chi connectivity index (χ2v) is 3.55. The van der Waals surface area contributed by atoms with Crippen LogP contribution in [0.1, 0.15) is 26.7 Å². The number of carboxylic acid groups (broad SMARTS) is 2. The molecule has 5 nitrogen and oxygen atoms in total. The van der Waals surface area contributed by atoms with Crippen molar-refractivity contribution in [2.75, 3.05) is 7.05 Å². The van der Waals surface area contributed by atoms with Gasteiger partial charge in [-0.3, -0.25) is 14.5 Å². The average molecular weight is 203 g/mol. The van der Waals surface area contributed by atoms with Crippen LogP contribution in [0.5, 0.6) is 0 Å². The maximum atomic E-state index is 10.8. The molecule has 0 heterocycles. The molecule has 0 aromatic heterocycles. The van der Waals surface area contributed by atoms with Crippen molar-refractivity contribution >= 4 is 11.9 Å². The molecule has 82 valence electrons. The van der Waals surface area contributed by atoms with Gasteiger partial charge in [0.15, 0.2) is 0 Å². The maximum Gasteiger partial charge on any atom is 0.320 e. The smallest absolute Gasteiger partial charge is 0.320 e. The van der Waals surface area contributed by atoms with Gasteiger partial charge in [0, 0.05) is 12.5 Å². The lowest BCUT2D eigenvalue weighted by Gasteiger charge is -2.27. The van der Waals surface area contributed by atoms with Crippen LogP contribution < -0.4 is 0 Å². The Morgan fingerprint density at radius 1 is 1.29 bits per heavy atom. The Bertz CT molecular complexity index is 215. The highest BCUT2D eigenvalue weighted by Gasteiger charge is 2.24. The molecule has 0 aliphatic heterocycles. The molecule has 0 spiro atoms. The van der Waals surface area contributed by atoms with Crippen LogP contribution in [0.3, 0.4) is 0 Å². The minimum atomic E-state index is -0.970. The van der Waals surface area contributed by atoms with E-state index in [9.17, 15) is 9.59 Å². The fraction of sp³-hybridized carbons (Fsp3) is 0.778. The van der Waals surface area contributed by atoms with Crippen LogP contribution in [0, 0.1) is 0 Å². The number of rotatable bonds is 6. The van der Waals surface area contributed by atoms with Crippen LogP contribution in [0.15, 0.2) is 0 Å². The van der Waals surface area contributed by atoms with Crippen molar-refractivity contribution in [1.29, 1.82) is 0 Å². The van der Waals surface area contributed by atoms with E-state index >= 15 is 0 Å². The molecule has 0 aromatic rings. The molecule has 14 heavy (non-hydrogen) atoms. The summed E-state index contributed by atoms with van der Waals surface area (Å²) < 4.78 is 0. The first-order chi connectivity index (χ1) is 6.36. The quantitative estimate of drug-likeness (QED) is 0.662. The highest BCUT2D eigenvalue weighted by molar-refractivity contribution is 5.75. The first-order valence-corrected chi connectivity index (χ1v) is 4.52. The highest BCUT2D eigenvalue weighted by atomic mass is 16.4. The van der Waals surface area contributed by atoms with Gasteiger partial charge < -0.3 is 10.2 Å². The largest absolute Gasteiger partial charge is 0.481 e. The summed E-state index contributed by atoms with van der Waals surface area (Å²) in [6, 6.07) is -0.629. The Morgan fingerprint density at radius 2 is 1.79 bits per heavy atom. The molecular formula is C9H17NO4. The number of likely N-dealkylation sites (N-methyl/N-ethyl adjacent to an activating group) is 1. The number of hydrogen-bond donors (Lipinski definition) is 2. The summed E-state index contributed by atoms with van der Waals surface area (Å²) >= 11 is 0. The van der Waals surface area contributed by atoms with Gasteiger partial charge in [-0.15, -0.1) is 0 Å². The monoisotopic (exact) mass is 203 g/mol. The van der Waals surface area contributed by atoms with Gasteiger partial charge in [-0.1, -0.05) is 0 Å². The second kappa shape index (κ2) is 5.59. The lowest BCUT2D eigenvalue weighted by molar-refractivity contribution is -0.144. The van der Waals surface area contributed by atoms with Crippen molar-refractivity contribution in [2.45, 2.75) is 38.8 Å². The molecule has 0 fully saturated rings. The average Bonchev–Trinajstić information content (AvgIpc) is 2.02. The van der Waals surface area contributed by atoms with Gasteiger partial charge in [-0.2, -0.15) is 0 Å². The van der Waals surface area contributed by atoms with Crippen LogP contribution in [0.4, 0.5) is 0 Å². The molecule has 0 aliphatic rings. The minimum absolute atomic E-state index is 0.0879. The lowest BCUT2D eigenvalue weighted by Crippen LogP contribution is -2.42. The summed E-state index contributed by atoms with van der Waals surface area (Å²) in [5, 5.41) is 17.3. The molecule has 0 saturated carbocycles. The van der Waals surface area contributed by atoms with E-state index in [1.165, 1.54) is 0 Å². The van der Waals surface area contributed by atoms with Gasteiger partial charge in [0.1, 0.15) is 6.04 Å². The number of carbonyl (C=O) groups is 2. The SMILES string of the molecule is CC(C)N(C)C(CCC(=O)O)C(=O)O. The van der Waals surface area contributed by atoms with Crippen molar-refractivity contribution < 1.29 is 19.8 Å². The fourth-order valence-electron chi connectivity index (χ4n) is 1.12. The predicted octanol–water partition coefficient (Wildman–Crippen LogP) is 0.645. The van der Waals surface area contributed by atoms with E-state index < -0.39 is 18.0 Å². The van der Waals surface area contributed by atoms with Crippen molar-refractivity contribution in [3.63, 3.8) is 0 Å². The van der Waals surface area contributed by atoms with Crippen LogP contribution in [0.2, 0.25) is 0 Å². The van der Waals surface area contributed by atoms with Gasteiger partial charge in [0.25, 0.3) is 0 Å². The van der Waals surface area contributed by atoms with Crippen molar-refractivity contribution in [3.8, 4) is 0 Å². The molecule has 0 radical (unpaired) electrons. The minimum Gasteiger partial charge on any atom is -0.481 e. The molecule has 0 saturated heterocycles. The molecular weight excluding hydrogens is 186 g/mol. The Balaban J connectivity index is 4.29. The third kappa shape index (κ3) is 4.23. The first-order valence-electron chi connectivity index (χ1n) is 4.52. The van der Waals surface area contributed by atoms with Crippen molar-refractivity contribution in [3.05, 3.63) is 0 Å². The summed E-state index contributed by atoms with van der Waals surface area (Å²) in [7, 11) is 1.69. The Kier molecular flexibility index (Phi) is 5.15. The molecule has 0 aromatic carbocycles. The normalized spacial score (nSPS) is 13.2. The molecule has 0 aliphatic carbocycles. The third-order valence-electron chi connectivity index (χ3n) is 2.22. The van der Waals surface area contributed by atoms with Crippen LogP contribution in [-0.4, -0.2) is 46.2 Å². The number of hydrogen-bond acceptors (Lipinski definition) is 3. The predicted molar refractivity (Wildman–Crippen MR) is 51.2 cm³/mol. The Hall–Kier alpha value is -1.10. The number of carboxylic acids is 2. The van der Waals surface area contributed by atoms with Crippen molar-refractivity contribution in [1.82, 2.24) is 4.90 Å². The Labute approximate surface area is 83.3 Å². The van der Waals surface area contributed by atoms with Crippen molar-refractivity contribution in [2.24, 2.45) is 0 Å². The van der Waals surface area contributed by atoms with E-state index in [1.54, 1.807) is 11.9 Å². The van der Waals surface area contributed by atoms with Gasteiger partial charge in [-0.05, 0) is 27.3 Å². The standard InChI is InChI=1S/C9H17NO4/c1-6(2)10(3)7(9(13)14)4-5-8(11)12/h6-7H,4-5H2,1-3H3,(H,11,12)(H,13,14). The van der Waals surface area contributed by atoms with Gasteiger partial charge in [-0.25, -0.2) is 0 Å². The fourth-order valence-corrected chi connectivity index (χ4v) is 1.12. The molecule has 0 bridgehead atoms. The number of nitrogens with zero attached hydrogens (tertiary/aromatic N) is 1. The van der Waals surface area contributed by atoms with Gasteiger partial charge in [0.05, 0.1) is 0 Å². The summed E-state index contributed by atoms with van der Waals surface area (Å²) in [6.07, 6.45) is 0.0212. The summed E-state index contributed by atoms with van der Waals surface area (Å²) in [6.45, 7) is 3.74.